The third kappa shape index (κ3) is 6.00. The van der Waals surface area contributed by atoms with Gasteiger partial charge in [0, 0.05) is 70.1 Å². The van der Waals surface area contributed by atoms with Crippen molar-refractivity contribution in [3.8, 4) is 5.75 Å². The SMILES string of the molecule is COCCN1CCN(C(=O)c2ccc(C)nc2C2CCN(C(=O)c3cccc(OC)c3)CC2)CC1. The molecule has 3 heterocycles. The van der Waals surface area contributed by atoms with Gasteiger partial charge in [-0.05, 0) is 50.1 Å². The molecule has 2 amide bonds. The fourth-order valence-electron chi connectivity index (χ4n) is 4.93. The third-order valence-electron chi connectivity index (χ3n) is 7.05. The molecule has 1 aromatic carbocycles. The van der Waals surface area contributed by atoms with Crippen molar-refractivity contribution in [2.75, 3.05) is 66.6 Å². The zero-order valence-electron chi connectivity index (χ0n) is 21.0. The van der Waals surface area contributed by atoms with Crippen LogP contribution in [0.15, 0.2) is 36.4 Å². The van der Waals surface area contributed by atoms with Gasteiger partial charge in [-0.1, -0.05) is 6.07 Å². The van der Waals surface area contributed by atoms with E-state index in [-0.39, 0.29) is 17.7 Å². The van der Waals surface area contributed by atoms with Crippen molar-refractivity contribution in [1.29, 1.82) is 0 Å². The molecule has 8 nitrogen and oxygen atoms in total. The Kier molecular flexibility index (Phi) is 8.36. The Labute approximate surface area is 207 Å². The zero-order valence-corrected chi connectivity index (χ0v) is 21.0. The van der Waals surface area contributed by atoms with Crippen LogP contribution in [0.25, 0.3) is 0 Å². The van der Waals surface area contributed by atoms with Crippen molar-refractivity contribution in [1.82, 2.24) is 19.7 Å². The average molecular weight is 481 g/mol. The summed E-state index contributed by atoms with van der Waals surface area (Å²) >= 11 is 0. The summed E-state index contributed by atoms with van der Waals surface area (Å²) in [6, 6.07) is 11.1. The number of carbonyl (C=O) groups excluding carboxylic acids is 2. The standard InChI is InChI=1S/C27H36N4O4/c1-20-7-8-24(27(33)31-15-13-29(14-16-31)17-18-34-2)25(28-20)21-9-11-30(12-10-21)26(32)22-5-4-6-23(19-22)35-3/h4-8,19,21H,9-18H2,1-3H3. The van der Waals surface area contributed by atoms with Gasteiger partial charge < -0.3 is 19.3 Å². The molecule has 35 heavy (non-hydrogen) atoms. The fourth-order valence-corrected chi connectivity index (χ4v) is 4.93. The number of methoxy groups -OCH3 is 2. The first-order valence-electron chi connectivity index (χ1n) is 12.4. The first kappa shape index (κ1) is 25.1. The Bertz CT molecular complexity index is 1030. The molecule has 0 bridgehead atoms. The molecule has 8 heteroatoms. The summed E-state index contributed by atoms with van der Waals surface area (Å²) in [5.74, 6) is 0.916. The maximum absolute atomic E-state index is 13.5. The number of hydrogen-bond acceptors (Lipinski definition) is 6. The minimum absolute atomic E-state index is 0.0159. The maximum Gasteiger partial charge on any atom is 0.255 e. The van der Waals surface area contributed by atoms with Gasteiger partial charge in [0.1, 0.15) is 5.75 Å². The molecule has 0 N–H and O–H groups in total. The monoisotopic (exact) mass is 480 g/mol. The lowest BCUT2D eigenvalue weighted by Gasteiger charge is -2.36. The molecule has 0 unspecified atom stereocenters. The number of piperazine rings is 1. The minimum Gasteiger partial charge on any atom is -0.497 e. The lowest BCUT2D eigenvalue weighted by Crippen LogP contribution is -2.49. The van der Waals surface area contributed by atoms with E-state index in [1.807, 2.05) is 47.1 Å². The summed E-state index contributed by atoms with van der Waals surface area (Å²) in [6.07, 6.45) is 1.58. The Morgan fingerprint density at radius 2 is 1.66 bits per heavy atom. The summed E-state index contributed by atoms with van der Waals surface area (Å²) < 4.78 is 10.4. The Hall–Kier alpha value is -2.97. The molecule has 0 spiro atoms. The lowest BCUT2D eigenvalue weighted by atomic mass is 9.89. The summed E-state index contributed by atoms with van der Waals surface area (Å²) in [7, 11) is 3.31. The van der Waals surface area contributed by atoms with Crippen LogP contribution >= 0.6 is 0 Å². The van der Waals surface area contributed by atoms with Crippen molar-refractivity contribution in [2.45, 2.75) is 25.7 Å². The molecular weight excluding hydrogens is 444 g/mol. The number of likely N-dealkylation sites (tertiary alicyclic amines) is 1. The number of piperidine rings is 1. The second-order valence-corrected chi connectivity index (χ2v) is 9.31. The number of rotatable bonds is 7. The fraction of sp³-hybridized carbons (Fsp3) is 0.519. The van der Waals surface area contributed by atoms with E-state index in [9.17, 15) is 9.59 Å². The highest BCUT2D eigenvalue weighted by atomic mass is 16.5. The van der Waals surface area contributed by atoms with Gasteiger partial charge in [0.25, 0.3) is 11.8 Å². The summed E-state index contributed by atoms with van der Waals surface area (Å²) in [5.41, 5.74) is 3.14. The predicted octanol–water partition coefficient (Wildman–Crippen LogP) is 2.82. The van der Waals surface area contributed by atoms with E-state index in [0.717, 1.165) is 43.9 Å². The third-order valence-corrected chi connectivity index (χ3v) is 7.05. The lowest BCUT2D eigenvalue weighted by molar-refractivity contribution is 0.0589. The molecular formula is C27H36N4O4. The van der Waals surface area contributed by atoms with E-state index in [2.05, 4.69) is 4.90 Å². The van der Waals surface area contributed by atoms with Gasteiger partial charge in [0.15, 0.2) is 0 Å². The van der Waals surface area contributed by atoms with Crippen molar-refractivity contribution in [2.24, 2.45) is 0 Å². The molecule has 1 aromatic heterocycles. The first-order valence-corrected chi connectivity index (χ1v) is 12.4. The summed E-state index contributed by atoms with van der Waals surface area (Å²) in [5, 5.41) is 0. The number of hydrogen-bond donors (Lipinski definition) is 0. The van der Waals surface area contributed by atoms with Crippen molar-refractivity contribution in [3.05, 3.63) is 58.9 Å². The van der Waals surface area contributed by atoms with Gasteiger partial charge in [-0.3, -0.25) is 19.5 Å². The molecule has 2 saturated heterocycles. The minimum atomic E-state index is 0.0159. The molecule has 0 aliphatic carbocycles. The first-order chi connectivity index (χ1) is 17.0. The van der Waals surface area contributed by atoms with Gasteiger partial charge in [-0.25, -0.2) is 0 Å². The van der Waals surface area contributed by atoms with Crippen LogP contribution in [0.4, 0.5) is 0 Å². The average Bonchev–Trinajstić information content (AvgIpc) is 2.91. The van der Waals surface area contributed by atoms with Gasteiger partial charge in [0.05, 0.1) is 25.0 Å². The second-order valence-electron chi connectivity index (χ2n) is 9.31. The highest BCUT2D eigenvalue weighted by Crippen LogP contribution is 2.31. The van der Waals surface area contributed by atoms with E-state index >= 15 is 0 Å². The number of carbonyl (C=O) groups is 2. The van der Waals surface area contributed by atoms with Crippen molar-refractivity contribution < 1.29 is 19.1 Å². The predicted molar refractivity (Wildman–Crippen MR) is 134 cm³/mol. The van der Waals surface area contributed by atoms with Crippen molar-refractivity contribution >= 4 is 11.8 Å². The largest absolute Gasteiger partial charge is 0.497 e. The molecule has 0 saturated carbocycles. The van der Waals surface area contributed by atoms with E-state index in [1.54, 1.807) is 20.3 Å². The Morgan fingerprint density at radius 3 is 2.34 bits per heavy atom. The van der Waals surface area contributed by atoms with Crippen LogP contribution in [0.5, 0.6) is 5.75 Å². The second kappa shape index (κ2) is 11.6. The number of benzene rings is 1. The quantitative estimate of drug-likeness (QED) is 0.607. The molecule has 188 valence electrons. The van der Waals surface area contributed by atoms with E-state index in [4.69, 9.17) is 14.5 Å². The molecule has 2 fully saturated rings. The van der Waals surface area contributed by atoms with Gasteiger partial charge in [0.2, 0.25) is 0 Å². The van der Waals surface area contributed by atoms with E-state index in [0.29, 0.717) is 49.7 Å². The number of nitrogens with zero attached hydrogens (tertiary/aromatic N) is 4. The highest BCUT2D eigenvalue weighted by molar-refractivity contribution is 5.96. The Balaban J connectivity index is 1.41. The molecule has 4 rings (SSSR count). The van der Waals surface area contributed by atoms with Crippen LogP contribution in [-0.4, -0.2) is 98.1 Å². The van der Waals surface area contributed by atoms with Gasteiger partial charge in [-0.2, -0.15) is 0 Å². The van der Waals surface area contributed by atoms with Crippen LogP contribution < -0.4 is 4.74 Å². The number of amides is 2. The van der Waals surface area contributed by atoms with Crippen LogP contribution in [0.3, 0.4) is 0 Å². The van der Waals surface area contributed by atoms with Crippen LogP contribution in [-0.2, 0) is 4.74 Å². The Morgan fingerprint density at radius 1 is 0.943 bits per heavy atom. The summed E-state index contributed by atoms with van der Waals surface area (Å²) in [4.78, 5) is 37.5. The smallest absolute Gasteiger partial charge is 0.255 e. The normalized spacial score (nSPS) is 17.5. The zero-order chi connectivity index (χ0) is 24.8. The number of ether oxygens (including phenoxy) is 2. The van der Waals surface area contributed by atoms with Crippen LogP contribution in [0.2, 0.25) is 0 Å². The van der Waals surface area contributed by atoms with E-state index < -0.39 is 0 Å². The molecule has 0 radical (unpaired) electrons. The molecule has 2 aliphatic rings. The van der Waals surface area contributed by atoms with Gasteiger partial charge >= 0.3 is 0 Å². The van der Waals surface area contributed by atoms with Crippen LogP contribution in [0.1, 0.15) is 50.9 Å². The van der Waals surface area contributed by atoms with E-state index in [1.165, 1.54) is 0 Å². The number of aryl methyl sites for hydroxylation is 1. The maximum atomic E-state index is 13.5. The molecule has 2 aliphatic heterocycles. The van der Waals surface area contributed by atoms with Crippen LogP contribution in [0, 0.1) is 6.92 Å². The number of aromatic nitrogens is 1. The van der Waals surface area contributed by atoms with Gasteiger partial charge in [-0.15, -0.1) is 0 Å². The highest BCUT2D eigenvalue weighted by Gasteiger charge is 2.30. The topological polar surface area (TPSA) is 75.2 Å². The van der Waals surface area contributed by atoms with Crippen molar-refractivity contribution in [3.63, 3.8) is 0 Å². The number of pyridine rings is 1. The molecule has 2 aromatic rings. The summed E-state index contributed by atoms with van der Waals surface area (Å²) in [6.45, 7) is 7.98. The molecule has 0 atom stereocenters.